The molecule has 1 aliphatic carbocycles. The normalized spacial score (nSPS) is 17.5. The summed E-state index contributed by atoms with van der Waals surface area (Å²) in [5, 5.41) is 0. The van der Waals surface area contributed by atoms with E-state index in [-0.39, 0.29) is 23.3 Å². The van der Waals surface area contributed by atoms with E-state index in [0.29, 0.717) is 18.9 Å². The van der Waals surface area contributed by atoms with Crippen molar-refractivity contribution in [1.82, 2.24) is 4.98 Å². The number of pyridine rings is 1. The number of benzene rings is 2. The summed E-state index contributed by atoms with van der Waals surface area (Å²) in [6.45, 7) is 18.7. The quantitative estimate of drug-likeness (QED) is 0.177. The van der Waals surface area contributed by atoms with Crippen molar-refractivity contribution in [2.45, 2.75) is 131 Å². The lowest BCUT2D eigenvalue weighted by Gasteiger charge is -2.41. The summed E-state index contributed by atoms with van der Waals surface area (Å²) >= 11 is 0. The maximum Gasteiger partial charge on any atom is 0.340 e. The van der Waals surface area contributed by atoms with Crippen LogP contribution >= 0.6 is 0 Å². The second kappa shape index (κ2) is 16.3. The summed E-state index contributed by atoms with van der Waals surface area (Å²) in [5.41, 5.74) is 6.62. The molecule has 2 aliphatic rings. The van der Waals surface area contributed by atoms with Gasteiger partial charge in [-0.3, -0.25) is 4.98 Å². The number of piperidine rings is 1. The van der Waals surface area contributed by atoms with Gasteiger partial charge in [0.2, 0.25) is 0 Å². The Kier molecular flexibility index (Phi) is 12.3. The lowest BCUT2D eigenvalue weighted by Crippen LogP contribution is -2.40. The zero-order valence-corrected chi connectivity index (χ0v) is 31.7. The number of anilines is 1. The Balaban J connectivity index is 1.62. The number of halogens is 1. The first-order valence-corrected chi connectivity index (χ1v) is 18.8. The molecule has 2 fully saturated rings. The summed E-state index contributed by atoms with van der Waals surface area (Å²) in [4.78, 5) is 21.9. The molecule has 0 bridgehead atoms. The van der Waals surface area contributed by atoms with E-state index in [1.807, 2.05) is 53.7 Å². The second-order valence-corrected chi connectivity index (χ2v) is 16.5. The number of esters is 1. The summed E-state index contributed by atoms with van der Waals surface area (Å²) in [7, 11) is 0. The Hall–Kier alpha value is -3.45. The zero-order valence-electron chi connectivity index (χ0n) is 31.7. The number of aryl methyl sites for hydroxylation is 1. The summed E-state index contributed by atoms with van der Waals surface area (Å²) in [6.07, 6.45) is 8.74. The molecule has 1 atom stereocenters. The molecule has 1 unspecified atom stereocenters. The van der Waals surface area contributed by atoms with Crippen LogP contribution in [-0.2, 0) is 27.1 Å². The molecule has 0 radical (unpaired) electrons. The minimum atomic E-state index is -0.925. The molecule has 50 heavy (non-hydrogen) atoms. The minimum Gasteiger partial charge on any atom is -0.493 e. The molecule has 2 aromatic carbocycles. The number of ether oxygens (including phenoxy) is 3. The molecule has 0 amide bonds. The second-order valence-electron chi connectivity index (χ2n) is 16.5. The number of carbonyl (C=O) groups is 1. The number of hydrogen-bond acceptors (Lipinski definition) is 6. The van der Waals surface area contributed by atoms with Gasteiger partial charge in [0.05, 0.1) is 29.7 Å². The fourth-order valence-corrected chi connectivity index (χ4v) is 7.38. The van der Waals surface area contributed by atoms with Crippen molar-refractivity contribution in [2.75, 3.05) is 24.6 Å². The van der Waals surface area contributed by atoms with Gasteiger partial charge in [0.25, 0.3) is 0 Å². The van der Waals surface area contributed by atoms with Crippen molar-refractivity contribution in [3.63, 3.8) is 0 Å². The van der Waals surface area contributed by atoms with E-state index in [0.717, 1.165) is 77.4 Å². The van der Waals surface area contributed by atoms with Gasteiger partial charge in [-0.1, -0.05) is 70.2 Å². The van der Waals surface area contributed by atoms with Gasteiger partial charge >= 0.3 is 5.97 Å². The van der Waals surface area contributed by atoms with Gasteiger partial charge in [-0.2, -0.15) is 0 Å². The molecule has 0 spiro atoms. The molecule has 1 aromatic heterocycles. The molecule has 1 saturated carbocycles. The maximum absolute atomic E-state index is 14.0. The molecule has 0 N–H and O–H groups in total. The van der Waals surface area contributed by atoms with Crippen LogP contribution in [0.2, 0.25) is 0 Å². The van der Waals surface area contributed by atoms with Crippen LogP contribution in [0.1, 0.15) is 122 Å². The smallest absolute Gasteiger partial charge is 0.340 e. The maximum atomic E-state index is 14.0. The van der Waals surface area contributed by atoms with Crippen molar-refractivity contribution >= 4 is 11.7 Å². The Bertz CT molecular complexity index is 1560. The van der Waals surface area contributed by atoms with Gasteiger partial charge in [-0.05, 0) is 108 Å². The summed E-state index contributed by atoms with van der Waals surface area (Å²) in [6, 6.07) is 14.9. The number of rotatable bonds is 12. The third-order valence-corrected chi connectivity index (χ3v) is 10.1. The van der Waals surface area contributed by atoms with E-state index in [2.05, 4.69) is 30.9 Å². The monoisotopic (exact) mass is 686 g/mol. The van der Waals surface area contributed by atoms with E-state index in [1.165, 1.54) is 44.2 Å². The van der Waals surface area contributed by atoms with Crippen LogP contribution in [0.4, 0.5) is 10.1 Å². The standard InChI is InChI=1S/C43H59FN2O4/c1-29(2)49-41(47)40(50-42(4,5)6)37-30(3)45-36(28-32-12-10-9-11-13-32)38(39(37)46-25-23-43(7,8)24-26-46)33-16-20-35(21-17-33)48-27-22-31-14-18-34(44)19-15-31/h14-21,29,32,40H,9-13,22-28H2,1-8H3. The van der Waals surface area contributed by atoms with Crippen molar-refractivity contribution in [3.05, 3.63) is 76.9 Å². The fourth-order valence-electron chi connectivity index (χ4n) is 7.38. The predicted molar refractivity (Wildman–Crippen MR) is 200 cm³/mol. The van der Waals surface area contributed by atoms with Crippen LogP contribution in [0.15, 0.2) is 48.5 Å². The van der Waals surface area contributed by atoms with Gasteiger partial charge in [-0.15, -0.1) is 0 Å². The first-order valence-electron chi connectivity index (χ1n) is 18.8. The third-order valence-electron chi connectivity index (χ3n) is 10.1. The van der Waals surface area contributed by atoms with Crippen molar-refractivity contribution in [1.29, 1.82) is 0 Å². The number of aromatic nitrogens is 1. The largest absolute Gasteiger partial charge is 0.493 e. The minimum absolute atomic E-state index is 0.234. The Morgan fingerprint density at radius 2 is 1.62 bits per heavy atom. The highest BCUT2D eigenvalue weighted by molar-refractivity contribution is 5.88. The molecule has 272 valence electrons. The molecule has 6 nitrogen and oxygen atoms in total. The van der Waals surface area contributed by atoms with E-state index >= 15 is 0 Å². The highest BCUT2D eigenvalue weighted by Gasteiger charge is 2.38. The van der Waals surface area contributed by atoms with E-state index in [9.17, 15) is 9.18 Å². The topological polar surface area (TPSA) is 60.9 Å². The van der Waals surface area contributed by atoms with Gasteiger partial charge in [0.1, 0.15) is 11.6 Å². The van der Waals surface area contributed by atoms with Crippen LogP contribution in [0.3, 0.4) is 0 Å². The Morgan fingerprint density at radius 3 is 2.22 bits per heavy atom. The molecular weight excluding hydrogens is 627 g/mol. The van der Waals surface area contributed by atoms with E-state index < -0.39 is 11.7 Å². The fraction of sp³-hybridized carbons (Fsp3) is 0.581. The van der Waals surface area contributed by atoms with Crippen LogP contribution in [-0.4, -0.2) is 42.4 Å². The highest BCUT2D eigenvalue weighted by Crippen LogP contribution is 2.46. The molecule has 1 saturated heterocycles. The van der Waals surface area contributed by atoms with Gasteiger partial charge in [0.15, 0.2) is 6.10 Å². The highest BCUT2D eigenvalue weighted by atomic mass is 19.1. The summed E-state index contributed by atoms with van der Waals surface area (Å²) < 4.78 is 32.1. The lowest BCUT2D eigenvalue weighted by atomic mass is 9.81. The first-order chi connectivity index (χ1) is 23.7. The van der Waals surface area contributed by atoms with E-state index in [4.69, 9.17) is 19.2 Å². The van der Waals surface area contributed by atoms with Crippen LogP contribution in [0.5, 0.6) is 5.75 Å². The van der Waals surface area contributed by atoms with Crippen molar-refractivity contribution in [2.24, 2.45) is 11.3 Å². The molecule has 1 aliphatic heterocycles. The molecule has 7 heteroatoms. The Morgan fingerprint density at radius 1 is 0.980 bits per heavy atom. The average Bonchev–Trinajstić information content (AvgIpc) is 3.05. The molecule has 2 heterocycles. The van der Waals surface area contributed by atoms with Crippen LogP contribution in [0.25, 0.3) is 11.1 Å². The van der Waals surface area contributed by atoms with Crippen molar-refractivity contribution in [3.8, 4) is 16.9 Å². The number of carbonyl (C=O) groups excluding carboxylic acids is 1. The molecule has 3 aromatic rings. The average molecular weight is 687 g/mol. The van der Waals surface area contributed by atoms with Gasteiger partial charge < -0.3 is 19.1 Å². The molecular formula is C43H59FN2O4. The van der Waals surface area contributed by atoms with Gasteiger partial charge in [-0.25, -0.2) is 9.18 Å². The number of nitrogens with zero attached hydrogens (tertiary/aromatic N) is 2. The first kappa shape index (κ1) is 37.8. The Labute approximate surface area is 300 Å². The molecule has 5 rings (SSSR count). The van der Waals surface area contributed by atoms with Crippen LogP contribution < -0.4 is 9.64 Å². The van der Waals surface area contributed by atoms with E-state index in [1.54, 1.807) is 12.1 Å². The number of hydrogen-bond donors (Lipinski definition) is 0. The predicted octanol–water partition coefficient (Wildman–Crippen LogP) is 10.4. The van der Waals surface area contributed by atoms with Crippen LogP contribution in [0, 0.1) is 24.1 Å². The SMILES string of the molecule is Cc1nc(CC2CCCCC2)c(-c2ccc(OCCc3ccc(F)cc3)cc2)c(N2CCC(C)(C)CC2)c1C(OC(C)(C)C)C(=O)OC(C)C. The summed E-state index contributed by atoms with van der Waals surface area (Å²) in [5.74, 6) is 0.743. The third kappa shape index (κ3) is 10.1. The van der Waals surface area contributed by atoms with Crippen molar-refractivity contribution < 1.29 is 23.4 Å². The van der Waals surface area contributed by atoms with Gasteiger partial charge in [0, 0.05) is 36.3 Å². The lowest BCUT2D eigenvalue weighted by molar-refractivity contribution is -0.171. The zero-order chi connectivity index (χ0) is 36.1.